The van der Waals surface area contributed by atoms with E-state index in [2.05, 4.69) is 54.3 Å². The van der Waals surface area contributed by atoms with Gasteiger partial charge in [0.25, 0.3) is 0 Å². The molecule has 1 aliphatic heterocycles. The molecule has 150 valence electrons. The van der Waals surface area contributed by atoms with Crippen LogP contribution < -0.4 is 0 Å². The molecule has 7 heteroatoms. The van der Waals surface area contributed by atoms with Gasteiger partial charge in [0.2, 0.25) is 0 Å². The van der Waals surface area contributed by atoms with E-state index in [1.165, 1.54) is 20.9 Å². The van der Waals surface area contributed by atoms with E-state index < -0.39 is 11.9 Å². The predicted octanol–water partition coefficient (Wildman–Crippen LogP) is 4.37. The second-order valence-electron chi connectivity index (χ2n) is 6.24. The highest BCUT2D eigenvalue weighted by molar-refractivity contribution is 7.99. The van der Waals surface area contributed by atoms with Crippen LogP contribution in [0, 0.1) is 12.3 Å². The number of benzene rings is 2. The number of terminal acetylenes is 1. The monoisotopic (exact) mass is 429 g/mol. The van der Waals surface area contributed by atoms with Crippen molar-refractivity contribution in [2.75, 3.05) is 13.6 Å². The highest BCUT2D eigenvalue weighted by Gasteiger charge is 2.25. The van der Waals surface area contributed by atoms with Crippen LogP contribution >= 0.6 is 23.4 Å². The molecule has 1 heterocycles. The maximum Gasteiger partial charge on any atom is 0.328 e. The molecule has 0 radical (unpaired) electrons. The van der Waals surface area contributed by atoms with Crippen molar-refractivity contribution in [1.82, 2.24) is 4.90 Å². The van der Waals surface area contributed by atoms with Gasteiger partial charge < -0.3 is 10.2 Å². The lowest BCUT2D eigenvalue weighted by atomic mass is 9.97. The minimum Gasteiger partial charge on any atom is -0.478 e. The molecule has 0 aliphatic carbocycles. The molecule has 2 N–H and O–H groups in total. The van der Waals surface area contributed by atoms with Gasteiger partial charge in [-0.25, -0.2) is 9.59 Å². The van der Waals surface area contributed by atoms with Gasteiger partial charge in [-0.1, -0.05) is 47.5 Å². The van der Waals surface area contributed by atoms with Gasteiger partial charge in [0, 0.05) is 33.0 Å². The van der Waals surface area contributed by atoms with Crippen molar-refractivity contribution < 1.29 is 19.8 Å². The molecule has 0 saturated heterocycles. The van der Waals surface area contributed by atoms with Crippen LogP contribution in [0.1, 0.15) is 17.2 Å². The van der Waals surface area contributed by atoms with Gasteiger partial charge in [-0.15, -0.1) is 6.42 Å². The molecule has 1 unspecified atom stereocenters. The molecule has 0 spiro atoms. The molecule has 0 aromatic heterocycles. The number of rotatable bonds is 4. The number of hydrogen-bond donors (Lipinski definition) is 2. The van der Waals surface area contributed by atoms with Crippen LogP contribution in [0.4, 0.5) is 0 Å². The van der Waals surface area contributed by atoms with Crippen molar-refractivity contribution in [1.29, 1.82) is 0 Å². The molecule has 0 bridgehead atoms. The standard InChI is InChI=1S/C18H16ClNS.C4H4O4/c1-3-10-20(2)16-11-13-6-4-5-7-17(13)21-18-9-8-14(19)12-15(16)18;5-3(6)1-2-4(7)8/h1,4-9,12,16H,10-11H2,2H3;1-2H,(H,5,6)(H,7,8)/b;2-1+. The van der Waals surface area contributed by atoms with Gasteiger partial charge in [0.1, 0.15) is 0 Å². The zero-order valence-corrected chi connectivity index (χ0v) is 17.3. The smallest absolute Gasteiger partial charge is 0.328 e. The summed E-state index contributed by atoms with van der Waals surface area (Å²) in [6.07, 6.45) is 7.57. The Morgan fingerprint density at radius 1 is 1.21 bits per heavy atom. The summed E-state index contributed by atoms with van der Waals surface area (Å²) in [5.74, 6) is 0.227. The van der Waals surface area contributed by atoms with Crippen LogP contribution in [0.2, 0.25) is 5.02 Å². The number of aliphatic carboxylic acids is 2. The van der Waals surface area contributed by atoms with Gasteiger partial charge in [-0.2, -0.15) is 0 Å². The Kier molecular flexibility index (Phi) is 8.34. The number of carboxylic acids is 2. The van der Waals surface area contributed by atoms with Gasteiger partial charge in [-0.3, -0.25) is 4.90 Å². The molecule has 0 fully saturated rings. The summed E-state index contributed by atoms with van der Waals surface area (Å²) in [5.41, 5.74) is 2.63. The molecule has 29 heavy (non-hydrogen) atoms. The quantitative estimate of drug-likeness (QED) is 0.555. The van der Waals surface area contributed by atoms with Crippen LogP contribution in [0.15, 0.2) is 64.4 Å². The molecular weight excluding hydrogens is 410 g/mol. The van der Waals surface area contributed by atoms with Crippen molar-refractivity contribution in [2.24, 2.45) is 0 Å². The highest BCUT2D eigenvalue weighted by atomic mass is 35.5. The fourth-order valence-corrected chi connectivity index (χ4v) is 4.17. The molecule has 2 aromatic rings. The summed E-state index contributed by atoms with van der Waals surface area (Å²) in [6.45, 7) is 0.628. The lowest BCUT2D eigenvalue weighted by Crippen LogP contribution is -2.26. The summed E-state index contributed by atoms with van der Waals surface area (Å²) < 4.78 is 0. The molecule has 0 amide bonds. The van der Waals surface area contributed by atoms with Crippen LogP contribution in [0.3, 0.4) is 0 Å². The average molecular weight is 430 g/mol. The van der Waals surface area contributed by atoms with E-state index in [9.17, 15) is 9.59 Å². The van der Waals surface area contributed by atoms with Crippen molar-refractivity contribution >= 4 is 35.3 Å². The number of carbonyl (C=O) groups is 2. The first-order chi connectivity index (χ1) is 13.8. The minimum atomic E-state index is -1.26. The first-order valence-electron chi connectivity index (χ1n) is 8.64. The first kappa shape index (κ1) is 22.6. The summed E-state index contributed by atoms with van der Waals surface area (Å²) >= 11 is 8.03. The Balaban J connectivity index is 0.000000321. The number of halogens is 1. The summed E-state index contributed by atoms with van der Waals surface area (Å²) in [7, 11) is 2.08. The van der Waals surface area contributed by atoms with Crippen molar-refractivity contribution in [3.05, 3.63) is 70.8 Å². The van der Waals surface area contributed by atoms with Crippen molar-refractivity contribution in [2.45, 2.75) is 22.3 Å². The van der Waals surface area contributed by atoms with E-state index in [1.54, 1.807) is 0 Å². The fourth-order valence-electron chi connectivity index (χ4n) is 2.87. The normalized spacial score (nSPS) is 14.8. The Morgan fingerprint density at radius 3 is 2.48 bits per heavy atom. The highest BCUT2D eigenvalue weighted by Crippen LogP contribution is 2.43. The largest absolute Gasteiger partial charge is 0.478 e. The SMILES string of the molecule is C#CCN(C)C1Cc2ccccc2Sc2ccc(Cl)cc21.O=C(O)/C=C/C(=O)O. The maximum absolute atomic E-state index is 9.55. The molecule has 1 aliphatic rings. The first-order valence-corrected chi connectivity index (χ1v) is 9.84. The summed E-state index contributed by atoms with van der Waals surface area (Å²) in [4.78, 5) is 23.9. The summed E-state index contributed by atoms with van der Waals surface area (Å²) in [5, 5.41) is 16.4. The van der Waals surface area contributed by atoms with Crippen molar-refractivity contribution in [3.8, 4) is 12.3 Å². The summed E-state index contributed by atoms with van der Waals surface area (Å²) in [6, 6.07) is 15.0. The number of carboxylic acid groups (broad SMARTS) is 2. The minimum absolute atomic E-state index is 0.255. The Labute approximate surface area is 179 Å². The lowest BCUT2D eigenvalue weighted by Gasteiger charge is -2.27. The molecule has 1 atom stereocenters. The van der Waals surface area contributed by atoms with Crippen molar-refractivity contribution in [3.63, 3.8) is 0 Å². The number of likely N-dealkylation sites (N-methyl/N-ethyl adjacent to an activating group) is 1. The van der Waals surface area contributed by atoms with E-state index in [4.69, 9.17) is 28.2 Å². The Hall–Kier alpha value is -2.72. The van der Waals surface area contributed by atoms with Gasteiger partial charge in [0.05, 0.1) is 6.54 Å². The van der Waals surface area contributed by atoms with Crippen LogP contribution in [0.5, 0.6) is 0 Å². The average Bonchev–Trinajstić information content (AvgIpc) is 2.83. The number of hydrogen-bond acceptors (Lipinski definition) is 4. The zero-order chi connectivity index (χ0) is 21.4. The zero-order valence-electron chi connectivity index (χ0n) is 15.7. The molecule has 5 nitrogen and oxygen atoms in total. The Bertz CT molecular complexity index is 952. The Morgan fingerprint density at radius 2 is 1.86 bits per heavy atom. The third-order valence-corrected chi connectivity index (χ3v) is 5.62. The topological polar surface area (TPSA) is 77.8 Å². The van der Waals surface area contributed by atoms with Gasteiger partial charge >= 0.3 is 11.9 Å². The number of nitrogens with zero attached hydrogens (tertiary/aromatic N) is 1. The predicted molar refractivity (Wildman–Crippen MR) is 114 cm³/mol. The van der Waals surface area contributed by atoms with E-state index in [-0.39, 0.29) is 6.04 Å². The van der Waals surface area contributed by atoms with Crippen LogP contribution in [-0.2, 0) is 16.0 Å². The van der Waals surface area contributed by atoms with Crippen LogP contribution in [0.25, 0.3) is 0 Å². The molecular formula is C22H20ClNO4S. The van der Waals surface area contributed by atoms with E-state index >= 15 is 0 Å². The third-order valence-electron chi connectivity index (χ3n) is 4.18. The second-order valence-corrected chi connectivity index (χ2v) is 7.76. The van der Waals surface area contributed by atoms with Gasteiger partial charge in [-0.05, 0) is 48.9 Å². The van der Waals surface area contributed by atoms with Crippen LogP contribution in [-0.4, -0.2) is 40.6 Å². The van der Waals surface area contributed by atoms with Gasteiger partial charge in [0.15, 0.2) is 0 Å². The van der Waals surface area contributed by atoms with E-state index in [0.717, 1.165) is 11.4 Å². The van der Waals surface area contributed by atoms with E-state index in [0.29, 0.717) is 18.7 Å². The fraction of sp³-hybridized carbons (Fsp3) is 0.182. The molecule has 2 aromatic carbocycles. The third kappa shape index (κ3) is 6.68. The number of fused-ring (bicyclic) bond motifs is 2. The molecule has 0 saturated carbocycles. The van der Waals surface area contributed by atoms with E-state index in [1.807, 2.05) is 17.8 Å². The maximum atomic E-state index is 9.55. The second kappa shape index (κ2) is 10.7. The molecule has 3 rings (SSSR count). The lowest BCUT2D eigenvalue weighted by molar-refractivity contribution is -0.134.